The molecule has 0 spiro atoms. The van der Waals surface area contributed by atoms with Crippen LogP contribution in [0.1, 0.15) is 28.2 Å². The highest BCUT2D eigenvalue weighted by atomic mass is 32.1. The Morgan fingerprint density at radius 3 is 2.59 bits per heavy atom. The topological polar surface area (TPSA) is 68.1 Å². The fourth-order valence-corrected chi connectivity index (χ4v) is 4.79. The minimum atomic E-state index is 0.115. The molecule has 1 aliphatic rings. The largest absolute Gasteiger partial charge is 0.497 e. The van der Waals surface area contributed by atoms with Gasteiger partial charge in [-0.15, -0.1) is 0 Å². The number of hydrogen-bond donors (Lipinski definition) is 1. The Labute approximate surface area is 174 Å². The third-order valence-electron chi connectivity index (χ3n) is 5.25. The molecule has 1 aliphatic heterocycles. The maximum absolute atomic E-state index is 13.0. The van der Waals surface area contributed by atoms with Crippen molar-refractivity contribution in [3.8, 4) is 17.0 Å². The zero-order chi connectivity index (χ0) is 20.4. The molecule has 0 saturated carbocycles. The number of aromatic nitrogens is 2. The second kappa shape index (κ2) is 8.42. The van der Waals surface area contributed by atoms with E-state index in [1.807, 2.05) is 36.1 Å². The highest BCUT2D eigenvalue weighted by Gasteiger charge is 2.27. The molecule has 0 bridgehead atoms. The number of fused-ring (bicyclic) bond motifs is 1. The molecule has 1 saturated heterocycles. The van der Waals surface area contributed by atoms with Gasteiger partial charge in [0.05, 0.1) is 13.7 Å². The number of ether oxygens (including phenoxy) is 2. The minimum Gasteiger partial charge on any atom is -0.497 e. The SMILES string of the molecule is COCCNc1c(-c2ccc(OC)cc2)nc2sc(C(=O)N3CCCC3)c(C)n12. The van der Waals surface area contributed by atoms with E-state index in [1.54, 1.807) is 14.2 Å². The van der Waals surface area contributed by atoms with Crippen molar-refractivity contribution in [1.82, 2.24) is 14.3 Å². The Morgan fingerprint density at radius 1 is 1.21 bits per heavy atom. The van der Waals surface area contributed by atoms with E-state index >= 15 is 0 Å². The van der Waals surface area contributed by atoms with Crippen LogP contribution in [0.4, 0.5) is 5.82 Å². The van der Waals surface area contributed by atoms with Gasteiger partial charge >= 0.3 is 0 Å². The fraction of sp³-hybridized carbons (Fsp3) is 0.429. The summed E-state index contributed by atoms with van der Waals surface area (Å²) < 4.78 is 12.5. The lowest BCUT2D eigenvalue weighted by atomic mass is 10.1. The lowest BCUT2D eigenvalue weighted by Crippen LogP contribution is -2.27. The number of methoxy groups -OCH3 is 2. The van der Waals surface area contributed by atoms with E-state index in [0.717, 1.165) is 64.3 Å². The first-order valence-corrected chi connectivity index (χ1v) is 10.6. The van der Waals surface area contributed by atoms with Crippen molar-refractivity contribution in [2.24, 2.45) is 0 Å². The average Bonchev–Trinajstić information content (AvgIpc) is 3.46. The number of nitrogens with zero attached hydrogens (tertiary/aromatic N) is 3. The normalized spacial score (nSPS) is 14.0. The summed E-state index contributed by atoms with van der Waals surface area (Å²) in [5.41, 5.74) is 2.78. The van der Waals surface area contributed by atoms with Crippen molar-refractivity contribution in [2.75, 3.05) is 45.8 Å². The number of carbonyl (C=O) groups excluding carboxylic acids is 1. The number of likely N-dealkylation sites (tertiary alicyclic amines) is 1. The number of carbonyl (C=O) groups is 1. The molecule has 1 fully saturated rings. The van der Waals surface area contributed by atoms with Crippen LogP contribution in [-0.2, 0) is 4.74 Å². The smallest absolute Gasteiger partial charge is 0.265 e. The zero-order valence-corrected chi connectivity index (χ0v) is 17.8. The number of nitrogens with one attached hydrogen (secondary N) is 1. The molecule has 0 unspecified atom stereocenters. The predicted octanol–water partition coefficient (Wildman–Crippen LogP) is 3.67. The van der Waals surface area contributed by atoms with Crippen LogP contribution in [0.2, 0.25) is 0 Å². The average molecular weight is 415 g/mol. The Hall–Kier alpha value is -2.58. The number of imidazole rings is 1. The predicted molar refractivity (Wildman–Crippen MR) is 115 cm³/mol. The Morgan fingerprint density at radius 2 is 1.93 bits per heavy atom. The van der Waals surface area contributed by atoms with E-state index in [2.05, 4.69) is 9.72 Å². The molecule has 7 nitrogen and oxygen atoms in total. The third kappa shape index (κ3) is 3.70. The van der Waals surface area contributed by atoms with Crippen LogP contribution in [0.5, 0.6) is 5.75 Å². The molecule has 4 rings (SSSR count). The molecule has 1 aromatic carbocycles. The molecular formula is C21H26N4O3S. The Bertz CT molecular complexity index is 1000. The zero-order valence-electron chi connectivity index (χ0n) is 17.0. The number of rotatable bonds is 7. The van der Waals surface area contributed by atoms with Crippen LogP contribution in [0.15, 0.2) is 24.3 Å². The fourth-order valence-electron chi connectivity index (χ4n) is 3.69. The van der Waals surface area contributed by atoms with Crippen molar-refractivity contribution >= 4 is 28.0 Å². The van der Waals surface area contributed by atoms with Gasteiger partial charge in [-0.1, -0.05) is 11.3 Å². The monoisotopic (exact) mass is 414 g/mol. The standard InChI is InChI=1S/C21H26N4O3S/c1-14-18(20(26)24-11-4-5-12-24)29-21-23-17(15-6-8-16(28-3)9-7-15)19(25(14)21)22-10-13-27-2/h6-9,22H,4-5,10-13H2,1-3H3. The van der Waals surface area contributed by atoms with E-state index in [9.17, 15) is 4.79 Å². The number of benzene rings is 1. The van der Waals surface area contributed by atoms with Crippen LogP contribution in [-0.4, -0.2) is 60.7 Å². The summed E-state index contributed by atoms with van der Waals surface area (Å²) in [7, 11) is 3.34. The van der Waals surface area contributed by atoms with Crippen molar-refractivity contribution in [3.63, 3.8) is 0 Å². The Balaban J connectivity index is 1.77. The van der Waals surface area contributed by atoms with Gasteiger partial charge in [-0.2, -0.15) is 0 Å². The quantitative estimate of drug-likeness (QED) is 0.598. The van der Waals surface area contributed by atoms with E-state index in [-0.39, 0.29) is 5.91 Å². The first-order chi connectivity index (χ1) is 14.1. The third-order valence-corrected chi connectivity index (χ3v) is 6.38. The van der Waals surface area contributed by atoms with Crippen molar-refractivity contribution in [3.05, 3.63) is 34.8 Å². The van der Waals surface area contributed by atoms with Gasteiger partial charge in [0.15, 0.2) is 4.96 Å². The lowest BCUT2D eigenvalue weighted by Gasteiger charge is -2.14. The van der Waals surface area contributed by atoms with Gasteiger partial charge in [0.2, 0.25) is 0 Å². The maximum Gasteiger partial charge on any atom is 0.265 e. The van der Waals surface area contributed by atoms with Crippen molar-refractivity contribution < 1.29 is 14.3 Å². The van der Waals surface area contributed by atoms with Crippen LogP contribution < -0.4 is 10.1 Å². The summed E-state index contributed by atoms with van der Waals surface area (Å²) in [6, 6.07) is 7.85. The van der Waals surface area contributed by atoms with E-state index in [0.29, 0.717) is 13.2 Å². The first kappa shape index (κ1) is 19.7. The maximum atomic E-state index is 13.0. The molecule has 1 amide bonds. The lowest BCUT2D eigenvalue weighted by molar-refractivity contribution is 0.0796. The molecule has 0 atom stereocenters. The summed E-state index contributed by atoms with van der Waals surface area (Å²) in [5.74, 6) is 1.80. The molecule has 29 heavy (non-hydrogen) atoms. The summed E-state index contributed by atoms with van der Waals surface area (Å²) in [6.45, 7) is 4.91. The number of aryl methyl sites for hydroxylation is 1. The summed E-state index contributed by atoms with van der Waals surface area (Å²) in [4.78, 5) is 21.4. The Kier molecular flexibility index (Phi) is 5.73. The second-order valence-corrected chi connectivity index (χ2v) is 8.07. The number of amides is 1. The van der Waals surface area contributed by atoms with Crippen LogP contribution in [0.3, 0.4) is 0 Å². The van der Waals surface area contributed by atoms with Crippen molar-refractivity contribution in [2.45, 2.75) is 19.8 Å². The van der Waals surface area contributed by atoms with Gasteiger partial charge < -0.3 is 19.7 Å². The molecule has 0 radical (unpaired) electrons. The minimum absolute atomic E-state index is 0.115. The van der Waals surface area contributed by atoms with Crippen LogP contribution in [0, 0.1) is 6.92 Å². The molecule has 0 aliphatic carbocycles. The van der Waals surface area contributed by atoms with Crippen LogP contribution >= 0.6 is 11.3 Å². The summed E-state index contributed by atoms with van der Waals surface area (Å²) in [6.07, 6.45) is 2.16. The molecule has 3 aromatic rings. The molecule has 2 aromatic heterocycles. The number of anilines is 1. The second-order valence-electron chi connectivity index (χ2n) is 7.09. The van der Waals surface area contributed by atoms with Gasteiger partial charge in [-0.25, -0.2) is 4.98 Å². The van der Waals surface area contributed by atoms with Gasteiger partial charge in [0.25, 0.3) is 5.91 Å². The van der Waals surface area contributed by atoms with E-state index in [4.69, 9.17) is 14.5 Å². The van der Waals surface area contributed by atoms with Gasteiger partial charge in [-0.05, 0) is 44.0 Å². The molecule has 154 valence electrons. The molecular weight excluding hydrogens is 388 g/mol. The highest BCUT2D eigenvalue weighted by molar-refractivity contribution is 7.19. The van der Waals surface area contributed by atoms with Gasteiger partial charge in [0, 0.05) is 38.0 Å². The summed E-state index contributed by atoms with van der Waals surface area (Å²) in [5, 5.41) is 3.45. The first-order valence-electron chi connectivity index (χ1n) is 9.82. The van der Waals surface area contributed by atoms with E-state index < -0.39 is 0 Å². The number of hydrogen-bond acceptors (Lipinski definition) is 6. The number of thiazole rings is 1. The molecule has 1 N–H and O–H groups in total. The van der Waals surface area contributed by atoms with Crippen LogP contribution in [0.25, 0.3) is 16.2 Å². The van der Waals surface area contributed by atoms with Gasteiger partial charge in [-0.3, -0.25) is 9.20 Å². The molecule has 8 heteroatoms. The highest BCUT2D eigenvalue weighted by Crippen LogP contribution is 2.35. The summed E-state index contributed by atoms with van der Waals surface area (Å²) >= 11 is 1.46. The molecule has 3 heterocycles. The van der Waals surface area contributed by atoms with E-state index in [1.165, 1.54) is 11.3 Å². The van der Waals surface area contributed by atoms with Crippen molar-refractivity contribution in [1.29, 1.82) is 0 Å². The van der Waals surface area contributed by atoms with Gasteiger partial charge in [0.1, 0.15) is 22.1 Å².